The van der Waals surface area contributed by atoms with Crippen molar-refractivity contribution in [3.63, 3.8) is 0 Å². The third kappa shape index (κ3) is 4.48. The number of benzene rings is 1. The lowest BCUT2D eigenvalue weighted by molar-refractivity contribution is -0.153. The van der Waals surface area contributed by atoms with E-state index in [-0.39, 0.29) is 18.1 Å². The Labute approximate surface area is 166 Å². The van der Waals surface area contributed by atoms with Crippen molar-refractivity contribution in [3.8, 4) is 0 Å². The Morgan fingerprint density at radius 2 is 2.00 bits per heavy atom. The summed E-state index contributed by atoms with van der Waals surface area (Å²) >= 11 is 0. The molecule has 0 saturated carbocycles. The maximum absolute atomic E-state index is 13.6. The first-order chi connectivity index (χ1) is 13.8. The van der Waals surface area contributed by atoms with Crippen LogP contribution in [0.2, 0.25) is 0 Å². The van der Waals surface area contributed by atoms with E-state index in [0.717, 1.165) is 11.3 Å². The molecule has 2 heterocycles. The molecule has 0 aliphatic rings. The van der Waals surface area contributed by atoms with Gasteiger partial charge in [-0.1, -0.05) is 12.1 Å². The first-order valence-corrected chi connectivity index (χ1v) is 8.99. The number of aromatic nitrogens is 4. The highest BCUT2D eigenvalue weighted by molar-refractivity contribution is 5.95. The van der Waals surface area contributed by atoms with Crippen LogP contribution >= 0.6 is 0 Å². The highest BCUT2D eigenvalue weighted by Crippen LogP contribution is 2.17. The second-order valence-corrected chi connectivity index (χ2v) is 6.54. The summed E-state index contributed by atoms with van der Waals surface area (Å²) in [6.45, 7) is 5.07. The predicted octanol–water partition coefficient (Wildman–Crippen LogP) is 1.97. The van der Waals surface area contributed by atoms with Crippen LogP contribution in [-0.4, -0.2) is 37.6 Å². The van der Waals surface area contributed by atoms with Crippen molar-refractivity contribution in [1.82, 2.24) is 19.6 Å². The molecule has 0 bridgehead atoms. The van der Waals surface area contributed by atoms with Crippen LogP contribution in [0.5, 0.6) is 0 Å². The predicted molar refractivity (Wildman–Crippen MR) is 104 cm³/mol. The van der Waals surface area contributed by atoms with Crippen molar-refractivity contribution in [2.45, 2.75) is 39.7 Å². The minimum atomic E-state index is -1.07. The average molecular weight is 400 g/mol. The van der Waals surface area contributed by atoms with E-state index >= 15 is 0 Å². The number of aryl methyl sites for hydroxylation is 2. The van der Waals surface area contributed by atoms with E-state index in [4.69, 9.17) is 10.5 Å². The van der Waals surface area contributed by atoms with Crippen molar-refractivity contribution >= 4 is 29.3 Å². The Balaban J connectivity index is 1.60. The number of hydrogen-bond donors (Lipinski definition) is 2. The van der Waals surface area contributed by atoms with Crippen molar-refractivity contribution in [2.75, 3.05) is 11.1 Å². The standard InChI is InChI=1S/C19H21FN6O3/c1-10-13(11(2)26-19(22-10)24-18(21)25-26)8-9-16(27)29-12(3)17(28)23-15-7-5-4-6-14(15)20/h4-7,12H,8-9H2,1-3H3,(H2,21,25)(H,23,28)/t12-/m0/s1. The number of amides is 1. The zero-order valence-corrected chi connectivity index (χ0v) is 16.3. The van der Waals surface area contributed by atoms with Gasteiger partial charge in [0.1, 0.15) is 5.82 Å². The molecule has 0 fully saturated rings. The molecule has 1 atom stereocenters. The molecular formula is C19H21FN6O3. The van der Waals surface area contributed by atoms with Crippen molar-refractivity contribution in [2.24, 2.45) is 0 Å². The summed E-state index contributed by atoms with van der Waals surface area (Å²) in [7, 11) is 0. The quantitative estimate of drug-likeness (QED) is 0.606. The van der Waals surface area contributed by atoms with Crippen LogP contribution < -0.4 is 11.1 Å². The van der Waals surface area contributed by atoms with Crippen LogP contribution in [0.25, 0.3) is 5.78 Å². The highest BCUT2D eigenvalue weighted by Gasteiger charge is 2.20. The van der Waals surface area contributed by atoms with Crippen molar-refractivity contribution in [1.29, 1.82) is 0 Å². The fourth-order valence-corrected chi connectivity index (χ4v) is 2.92. The van der Waals surface area contributed by atoms with Gasteiger partial charge in [-0.05, 0) is 44.9 Å². The molecule has 29 heavy (non-hydrogen) atoms. The largest absolute Gasteiger partial charge is 0.453 e. The molecule has 0 aliphatic heterocycles. The first-order valence-electron chi connectivity index (χ1n) is 8.99. The highest BCUT2D eigenvalue weighted by atomic mass is 19.1. The van der Waals surface area contributed by atoms with Crippen LogP contribution in [0.4, 0.5) is 16.0 Å². The molecule has 10 heteroatoms. The molecule has 3 N–H and O–H groups in total. The molecule has 0 saturated heterocycles. The summed E-state index contributed by atoms with van der Waals surface area (Å²) in [5, 5.41) is 6.48. The molecule has 0 unspecified atom stereocenters. The zero-order valence-electron chi connectivity index (χ0n) is 16.3. The van der Waals surface area contributed by atoms with Crippen LogP contribution in [0.15, 0.2) is 24.3 Å². The molecule has 9 nitrogen and oxygen atoms in total. The Morgan fingerprint density at radius 3 is 2.72 bits per heavy atom. The number of ether oxygens (including phenoxy) is 1. The maximum atomic E-state index is 13.6. The number of para-hydroxylation sites is 1. The molecule has 0 radical (unpaired) electrons. The topological polar surface area (TPSA) is 124 Å². The molecular weight excluding hydrogens is 379 g/mol. The Hall–Kier alpha value is -3.56. The number of carbonyl (C=O) groups is 2. The van der Waals surface area contributed by atoms with Gasteiger partial charge in [0.25, 0.3) is 11.7 Å². The van der Waals surface area contributed by atoms with Gasteiger partial charge in [-0.15, -0.1) is 5.10 Å². The van der Waals surface area contributed by atoms with Gasteiger partial charge in [-0.3, -0.25) is 9.59 Å². The van der Waals surface area contributed by atoms with Gasteiger partial charge in [-0.2, -0.15) is 9.50 Å². The van der Waals surface area contributed by atoms with Gasteiger partial charge < -0.3 is 15.8 Å². The van der Waals surface area contributed by atoms with E-state index in [0.29, 0.717) is 17.9 Å². The number of fused-ring (bicyclic) bond motifs is 1. The SMILES string of the molecule is Cc1nc2nc(N)nn2c(C)c1CCC(=O)O[C@@H](C)C(=O)Nc1ccccc1F. The van der Waals surface area contributed by atoms with E-state index < -0.39 is 23.8 Å². The Morgan fingerprint density at radius 1 is 1.28 bits per heavy atom. The molecule has 2 aromatic heterocycles. The number of rotatable bonds is 6. The molecule has 3 aromatic rings. The number of nitrogens with one attached hydrogen (secondary N) is 1. The van der Waals surface area contributed by atoms with Gasteiger partial charge >= 0.3 is 5.97 Å². The second kappa shape index (κ2) is 8.21. The first kappa shape index (κ1) is 20.2. The van der Waals surface area contributed by atoms with Crippen LogP contribution in [-0.2, 0) is 20.7 Å². The fraction of sp³-hybridized carbons (Fsp3) is 0.316. The van der Waals surface area contributed by atoms with Gasteiger partial charge in [-0.25, -0.2) is 9.37 Å². The zero-order chi connectivity index (χ0) is 21.1. The molecule has 152 valence electrons. The number of anilines is 2. The van der Waals surface area contributed by atoms with E-state index in [1.54, 1.807) is 6.07 Å². The number of halogens is 1. The second-order valence-electron chi connectivity index (χ2n) is 6.54. The number of esters is 1. The smallest absolute Gasteiger partial charge is 0.306 e. The lowest BCUT2D eigenvalue weighted by atomic mass is 10.1. The Kier molecular flexibility index (Phi) is 5.71. The van der Waals surface area contributed by atoms with Gasteiger partial charge in [0.15, 0.2) is 6.10 Å². The molecule has 3 rings (SSSR count). The Bertz CT molecular complexity index is 1080. The summed E-state index contributed by atoms with van der Waals surface area (Å²) in [4.78, 5) is 32.7. The summed E-state index contributed by atoms with van der Waals surface area (Å²) in [5.74, 6) is -1.23. The van der Waals surface area contributed by atoms with Crippen LogP contribution in [0, 0.1) is 19.7 Å². The molecule has 1 aromatic carbocycles. The molecule has 0 aliphatic carbocycles. The molecule has 0 spiro atoms. The minimum Gasteiger partial charge on any atom is -0.453 e. The number of nitrogens with two attached hydrogens (primary N) is 1. The van der Waals surface area contributed by atoms with E-state index in [2.05, 4.69) is 20.4 Å². The summed E-state index contributed by atoms with van der Waals surface area (Å²) in [5.41, 5.74) is 7.94. The number of hydrogen-bond acceptors (Lipinski definition) is 7. The van der Waals surface area contributed by atoms with Crippen LogP contribution in [0.1, 0.15) is 30.3 Å². The lowest BCUT2D eigenvalue weighted by Crippen LogP contribution is -2.30. The number of nitrogen functional groups attached to an aromatic ring is 1. The van der Waals surface area contributed by atoms with E-state index in [9.17, 15) is 14.0 Å². The third-order valence-electron chi connectivity index (χ3n) is 4.45. The lowest BCUT2D eigenvalue weighted by Gasteiger charge is -2.14. The average Bonchev–Trinajstić information content (AvgIpc) is 3.03. The van der Waals surface area contributed by atoms with Gasteiger partial charge in [0.05, 0.1) is 5.69 Å². The summed E-state index contributed by atoms with van der Waals surface area (Å²) in [6, 6.07) is 5.75. The van der Waals surface area contributed by atoms with Gasteiger partial charge in [0, 0.05) is 17.8 Å². The third-order valence-corrected chi connectivity index (χ3v) is 4.45. The van der Waals surface area contributed by atoms with Crippen LogP contribution in [0.3, 0.4) is 0 Å². The van der Waals surface area contributed by atoms with Gasteiger partial charge in [0.2, 0.25) is 5.95 Å². The maximum Gasteiger partial charge on any atom is 0.306 e. The monoisotopic (exact) mass is 400 g/mol. The normalized spacial score (nSPS) is 12.0. The number of carbonyl (C=O) groups excluding carboxylic acids is 2. The summed E-state index contributed by atoms with van der Waals surface area (Å²) in [6.07, 6.45) is -0.683. The van der Waals surface area contributed by atoms with Crippen molar-refractivity contribution in [3.05, 3.63) is 47.0 Å². The number of nitrogens with zero attached hydrogens (tertiary/aromatic N) is 4. The van der Waals surface area contributed by atoms with E-state index in [1.807, 2.05) is 13.8 Å². The molecule has 1 amide bonds. The fourth-order valence-electron chi connectivity index (χ4n) is 2.92. The van der Waals surface area contributed by atoms with Crippen molar-refractivity contribution < 1.29 is 18.7 Å². The minimum absolute atomic E-state index is 0.0260. The van der Waals surface area contributed by atoms with E-state index in [1.165, 1.54) is 29.6 Å². The summed E-state index contributed by atoms with van der Waals surface area (Å²) < 4.78 is 20.3.